The van der Waals surface area contributed by atoms with Crippen LogP contribution in [0.3, 0.4) is 0 Å². The van der Waals surface area contributed by atoms with E-state index in [2.05, 4.69) is 161 Å². The Kier molecular flexibility index (Phi) is 71.0. The highest BCUT2D eigenvalue weighted by atomic mass is 31.2. The molecule has 584 valence electrons. The largest absolute Gasteiger partial charge is 0.472 e. The van der Waals surface area contributed by atoms with E-state index in [9.17, 15) is 43.2 Å². The number of esters is 4. The fourth-order valence-corrected chi connectivity index (χ4v) is 11.8. The van der Waals surface area contributed by atoms with Crippen LogP contribution in [0, 0.1) is 0 Å². The molecule has 0 aromatic carbocycles. The van der Waals surface area contributed by atoms with E-state index in [1.165, 1.54) is 38.5 Å². The molecule has 0 aromatic rings. The number of carbonyl (C=O) groups excluding carboxylic acids is 4. The molecule has 0 aliphatic rings. The van der Waals surface area contributed by atoms with E-state index >= 15 is 0 Å². The smallest absolute Gasteiger partial charge is 0.462 e. The van der Waals surface area contributed by atoms with Crippen LogP contribution >= 0.6 is 15.6 Å². The van der Waals surface area contributed by atoms with E-state index in [1.807, 2.05) is 0 Å². The molecule has 0 aliphatic carbocycles. The van der Waals surface area contributed by atoms with Crippen molar-refractivity contribution in [1.29, 1.82) is 0 Å². The normalized spacial score (nSPS) is 14.6. The van der Waals surface area contributed by atoms with Crippen molar-refractivity contribution in [2.45, 2.75) is 329 Å². The van der Waals surface area contributed by atoms with Gasteiger partial charge in [0, 0.05) is 25.7 Å². The van der Waals surface area contributed by atoms with Crippen molar-refractivity contribution in [3.05, 3.63) is 134 Å². The molecular weight excluding hydrogens is 1330 g/mol. The van der Waals surface area contributed by atoms with Gasteiger partial charge in [0.05, 0.1) is 26.4 Å². The fraction of sp³-hybridized carbons (Fsp3) is 0.687. The van der Waals surface area contributed by atoms with Crippen LogP contribution in [0.15, 0.2) is 134 Å². The SMILES string of the molecule is CC/C=C\C/C=C\C/C=C\C/C=C\CCCCC(=O)OCC(COP(=O)(O)OCC(O)COP(=O)(O)OCC(COC(=O)CCCCCCCCC/C=C\C/C=C\C/C=C\CC)OC(=O)CCCCCCC/C=C\C/C=C\C/C=C\CC)OC(=O)CCCCCCC/C=C\CCCCCCCC. The van der Waals surface area contributed by atoms with Crippen LogP contribution in [-0.4, -0.2) is 96.7 Å². The molecule has 19 heteroatoms. The third-order valence-corrected chi connectivity index (χ3v) is 18.0. The molecule has 0 saturated carbocycles. The lowest BCUT2D eigenvalue weighted by Crippen LogP contribution is -2.30. The molecule has 0 amide bonds. The summed E-state index contributed by atoms with van der Waals surface area (Å²) in [5.74, 6) is -2.26. The second-order valence-electron chi connectivity index (χ2n) is 25.9. The standard InChI is InChI=1S/C83H140O17P2/c1-5-9-13-17-21-25-29-33-37-38-42-44-48-52-56-60-64-68-81(86)94-74-79(100-83(88)70-66-62-58-54-50-46-41-36-32-28-24-20-16-12-8-4)76-98-102(91,92)96-72-77(84)71-95-101(89,90)97-75-78(99-82(87)69-65-61-57-53-49-45-40-35-31-27-23-19-15-11-7-3)73-93-80(85)67-63-59-55-51-47-43-39-34-30-26-22-18-14-10-6-2/h9-10,12-14,16,21-22,24-26,28,33-37,39-41,47,51,77-79,84H,5-8,11,15,17-20,23,27,29-32,38,42-46,48-50,52-76H2,1-4H3,(H,89,90)(H,91,92)/b13-9-,14-10-,16-12-,25-21-,26-22-,28-24-,37-33-,39-34-,40-35-,41-36-,51-47-. The van der Waals surface area contributed by atoms with Gasteiger partial charge in [0.15, 0.2) is 12.2 Å². The van der Waals surface area contributed by atoms with Crippen molar-refractivity contribution in [2.24, 2.45) is 0 Å². The zero-order valence-corrected chi connectivity index (χ0v) is 65.5. The number of phosphoric acid groups is 2. The second-order valence-corrected chi connectivity index (χ2v) is 28.8. The van der Waals surface area contributed by atoms with Crippen LogP contribution in [0.5, 0.6) is 0 Å². The van der Waals surface area contributed by atoms with E-state index in [0.29, 0.717) is 25.7 Å². The zero-order chi connectivity index (χ0) is 74.6. The minimum atomic E-state index is -4.99. The molecule has 0 aromatic heterocycles. The lowest BCUT2D eigenvalue weighted by molar-refractivity contribution is -0.161. The van der Waals surface area contributed by atoms with E-state index in [-0.39, 0.29) is 25.7 Å². The Morgan fingerprint density at radius 2 is 0.510 bits per heavy atom. The summed E-state index contributed by atoms with van der Waals surface area (Å²) in [5.41, 5.74) is 0. The van der Waals surface area contributed by atoms with Crippen LogP contribution < -0.4 is 0 Å². The molecule has 0 saturated heterocycles. The maximum Gasteiger partial charge on any atom is 0.472 e. The molecule has 17 nitrogen and oxygen atoms in total. The number of unbranched alkanes of at least 4 members (excludes halogenated alkanes) is 25. The minimum Gasteiger partial charge on any atom is -0.462 e. The van der Waals surface area contributed by atoms with Crippen molar-refractivity contribution in [2.75, 3.05) is 39.6 Å². The molecule has 0 spiro atoms. The summed E-state index contributed by atoms with van der Waals surface area (Å²) in [6.07, 6.45) is 82.9. The van der Waals surface area contributed by atoms with Gasteiger partial charge in [-0.2, -0.15) is 0 Å². The van der Waals surface area contributed by atoms with E-state index in [0.717, 1.165) is 193 Å². The van der Waals surface area contributed by atoms with Crippen molar-refractivity contribution in [3.8, 4) is 0 Å². The third kappa shape index (κ3) is 73.5. The first kappa shape index (κ1) is 97.2. The Labute approximate surface area is 618 Å². The predicted molar refractivity (Wildman–Crippen MR) is 418 cm³/mol. The average Bonchev–Trinajstić information content (AvgIpc) is 0.926. The third-order valence-electron chi connectivity index (χ3n) is 16.1. The number of phosphoric ester groups is 2. The second kappa shape index (κ2) is 74.5. The Bertz CT molecular complexity index is 2460. The summed E-state index contributed by atoms with van der Waals surface area (Å²) < 4.78 is 68.5. The van der Waals surface area contributed by atoms with E-state index in [4.69, 9.17) is 37.0 Å². The van der Waals surface area contributed by atoms with E-state index in [1.54, 1.807) is 0 Å². The van der Waals surface area contributed by atoms with Gasteiger partial charge in [-0.25, -0.2) is 9.13 Å². The van der Waals surface area contributed by atoms with Gasteiger partial charge in [0.2, 0.25) is 0 Å². The highest BCUT2D eigenvalue weighted by molar-refractivity contribution is 7.47. The number of aliphatic hydroxyl groups is 1. The summed E-state index contributed by atoms with van der Waals surface area (Å²) in [6.45, 7) is 4.46. The molecular formula is C83H140O17P2. The van der Waals surface area contributed by atoms with Crippen LogP contribution in [0.25, 0.3) is 0 Å². The first-order valence-corrected chi connectivity index (χ1v) is 42.4. The maximum atomic E-state index is 13.1. The van der Waals surface area contributed by atoms with Gasteiger partial charge in [0.1, 0.15) is 19.3 Å². The quantitative estimate of drug-likeness (QED) is 0.0169. The number of allylic oxidation sites excluding steroid dienone is 22. The monoisotopic (exact) mass is 1470 g/mol. The minimum absolute atomic E-state index is 0.0692. The number of hydrogen-bond acceptors (Lipinski definition) is 15. The van der Waals surface area contributed by atoms with Gasteiger partial charge in [-0.1, -0.05) is 264 Å². The zero-order valence-electron chi connectivity index (χ0n) is 63.7. The molecule has 0 rings (SSSR count). The van der Waals surface area contributed by atoms with Gasteiger partial charge in [-0.15, -0.1) is 0 Å². The summed E-state index contributed by atoms with van der Waals surface area (Å²) in [6, 6.07) is 0. The van der Waals surface area contributed by atoms with Gasteiger partial charge < -0.3 is 33.8 Å². The molecule has 0 aliphatic heterocycles. The summed E-state index contributed by atoms with van der Waals surface area (Å²) >= 11 is 0. The van der Waals surface area contributed by atoms with Gasteiger partial charge in [-0.05, 0) is 154 Å². The van der Waals surface area contributed by atoms with Gasteiger partial charge in [-0.3, -0.25) is 37.3 Å². The van der Waals surface area contributed by atoms with Gasteiger partial charge >= 0.3 is 39.5 Å². The van der Waals surface area contributed by atoms with Gasteiger partial charge in [0.25, 0.3) is 0 Å². The van der Waals surface area contributed by atoms with Crippen molar-refractivity contribution < 1.29 is 80.2 Å². The molecule has 3 N–H and O–H groups in total. The predicted octanol–water partition coefficient (Wildman–Crippen LogP) is 22.9. The number of carbonyl (C=O) groups is 4. The number of hydrogen-bond donors (Lipinski definition) is 3. The van der Waals surface area contributed by atoms with Crippen molar-refractivity contribution in [1.82, 2.24) is 0 Å². The van der Waals surface area contributed by atoms with E-state index < -0.39 is 97.5 Å². The Morgan fingerprint density at radius 1 is 0.284 bits per heavy atom. The van der Waals surface area contributed by atoms with Crippen LogP contribution in [0.4, 0.5) is 0 Å². The first-order chi connectivity index (χ1) is 49.7. The molecule has 102 heavy (non-hydrogen) atoms. The number of aliphatic hydroxyl groups excluding tert-OH is 1. The lowest BCUT2D eigenvalue weighted by atomic mass is 10.1. The van der Waals surface area contributed by atoms with Crippen LogP contribution in [-0.2, 0) is 65.4 Å². The molecule has 0 heterocycles. The summed E-state index contributed by atoms with van der Waals surface area (Å²) in [4.78, 5) is 73.0. The number of ether oxygens (including phenoxy) is 4. The van der Waals surface area contributed by atoms with Crippen molar-refractivity contribution in [3.63, 3.8) is 0 Å². The Hall–Kier alpha value is -4.80. The molecule has 0 radical (unpaired) electrons. The maximum absolute atomic E-state index is 13.1. The molecule has 0 fully saturated rings. The number of rotatable bonds is 73. The van der Waals surface area contributed by atoms with Crippen LogP contribution in [0.1, 0.15) is 310 Å². The Morgan fingerprint density at radius 3 is 0.814 bits per heavy atom. The average molecular weight is 1470 g/mol. The topological polar surface area (TPSA) is 237 Å². The lowest BCUT2D eigenvalue weighted by Gasteiger charge is -2.21. The molecule has 5 atom stereocenters. The summed E-state index contributed by atoms with van der Waals surface area (Å²) in [7, 11) is -9.98. The summed E-state index contributed by atoms with van der Waals surface area (Å²) in [5, 5.41) is 10.6. The molecule has 5 unspecified atom stereocenters. The highest BCUT2D eigenvalue weighted by Gasteiger charge is 2.30. The van der Waals surface area contributed by atoms with Crippen molar-refractivity contribution >= 4 is 39.5 Å². The first-order valence-electron chi connectivity index (χ1n) is 39.4. The molecule has 0 bridgehead atoms. The Balaban J connectivity index is 5.42. The van der Waals surface area contributed by atoms with Crippen LogP contribution in [0.2, 0.25) is 0 Å². The highest BCUT2D eigenvalue weighted by Crippen LogP contribution is 2.45. The fourth-order valence-electron chi connectivity index (χ4n) is 10.2.